The standard InChI is InChI=1S/C23H24N2O3/c1-22(2)11-12-23(3,4)20-19(22)24-13-16(25-20)18-10-9-17(28-18)14-5-7-15(8-6-14)21(26)27/h5-10,13H,11-12H2,1-4H3,(H,26,27). The Morgan fingerprint density at radius 1 is 0.929 bits per heavy atom. The van der Waals surface area contributed by atoms with Crippen molar-refractivity contribution in [1.29, 1.82) is 0 Å². The largest absolute Gasteiger partial charge is 0.478 e. The number of furan rings is 1. The van der Waals surface area contributed by atoms with Crippen LogP contribution in [0.4, 0.5) is 0 Å². The Bertz CT molecular complexity index is 1050. The highest BCUT2D eigenvalue weighted by Crippen LogP contribution is 2.44. The van der Waals surface area contributed by atoms with Crippen LogP contribution in [0.25, 0.3) is 22.8 Å². The van der Waals surface area contributed by atoms with Crippen LogP contribution in [0.5, 0.6) is 0 Å². The van der Waals surface area contributed by atoms with E-state index in [0.717, 1.165) is 35.5 Å². The summed E-state index contributed by atoms with van der Waals surface area (Å²) in [5, 5.41) is 9.04. The third-order valence-corrected chi connectivity index (χ3v) is 5.70. The van der Waals surface area contributed by atoms with Crippen LogP contribution in [0.3, 0.4) is 0 Å². The molecule has 0 radical (unpaired) electrons. The van der Waals surface area contributed by atoms with E-state index < -0.39 is 5.97 Å². The fourth-order valence-corrected chi connectivity index (χ4v) is 3.74. The zero-order valence-electron chi connectivity index (χ0n) is 16.6. The van der Waals surface area contributed by atoms with Gasteiger partial charge in [0.25, 0.3) is 0 Å². The van der Waals surface area contributed by atoms with Crippen LogP contribution in [-0.4, -0.2) is 21.0 Å². The van der Waals surface area contributed by atoms with Crippen molar-refractivity contribution in [3.63, 3.8) is 0 Å². The molecule has 0 saturated heterocycles. The maximum absolute atomic E-state index is 11.0. The van der Waals surface area contributed by atoms with Crippen molar-refractivity contribution in [2.75, 3.05) is 0 Å². The van der Waals surface area contributed by atoms with E-state index in [4.69, 9.17) is 19.5 Å². The first-order valence-corrected chi connectivity index (χ1v) is 9.49. The van der Waals surface area contributed by atoms with E-state index in [9.17, 15) is 4.79 Å². The van der Waals surface area contributed by atoms with Gasteiger partial charge in [-0.05, 0) is 37.1 Å². The monoisotopic (exact) mass is 376 g/mol. The second kappa shape index (κ2) is 6.30. The lowest BCUT2D eigenvalue weighted by Gasteiger charge is -2.39. The number of carboxylic acid groups (broad SMARTS) is 1. The Morgan fingerprint density at radius 3 is 2.18 bits per heavy atom. The summed E-state index contributed by atoms with van der Waals surface area (Å²) in [4.78, 5) is 20.7. The predicted octanol–water partition coefficient (Wildman–Crippen LogP) is 5.45. The van der Waals surface area contributed by atoms with Gasteiger partial charge in [-0.25, -0.2) is 9.78 Å². The van der Waals surface area contributed by atoms with E-state index in [1.54, 1.807) is 30.5 Å². The molecular weight excluding hydrogens is 352 g/mol. The second-order valence-electron chi connectivity index (χ2n) is 8.77. The first-order chi connectivity index (χ1) is 13.2. The maximum atomic E-state index is 11.0. The topological polar surface area (TPSA) is 76.2 Å². The van der Waals surface area contributed by atoms with Gasteiger partial charge in [0, 0.05) is 16.4 Å². The van der Waals surface area contributed by atoms with Crippen molar-refractivity contribution in [3.8, 4) is 22.8 Å². The summed E-state index contributed by atoms with van der Waals surface area (Å²) in [6.45, 7) is 8.89. The minimum Gasteiger partial charge on any atom is -0.478 e. The zero-order valence-corrected chi connectivity index (χ0v) is 16.6. The Labute approximate surface area is 164 Å². The summed E-state index contributed by atoms with van der Waals surface area (Å²) in [5.41, 5.74) is 3.92. The number of nitrogens with zero attached hydrogens (tertiary/aromatic N) is 2. The molecule has 1 N–H and O–H groups in total. The molecule has 1 aliphatic rings. The van der Waals surface area contributed by atoms with Crippen LogP contribution in [0.15, 0.2) is 47.0 Å². The number of aromatic carboxylic acids is 1. The molecule has 0 amide bonds. The first-order valence-electron chi connectivity index (χ1n) is 9.49. The molecule has 144 valence electrons. The predicted molar refractivity (Wildman–Crippen MR) is 107 cm³/mol. The Kier molecular flexibility index (Phi) is 4.14. The lowest BCUT2D eigenvalue weighted by atomic mass is 9.67. The van der Waals surface area contributed by atoms with E-state index in [1.165, 1.54) is 0 Å². The average Bonchev–Trinajstić information content (AvgIpc) is 3.15. The molecule has 0 atom stereocenters. The highest BCUT2D eigenvalue weighted by atomic mass is 16.4. The Morgan fingerprint density at radius 2 is 1.54 bits per heavy atom. The number of hydrogen-bond donors (Lipinski definition) is 1. The third kappa shape index (κ3) is 3.11. The normalized spacial score (nSPS) is 17.1. The zero-order chi connectivity index (χ0) is 20.1. The summed E-state index contributed by atoms with van der Waals surface area (Å²) >= 11 is 0. The SMILES string of the molecule is CC1(C)CCC(C)(C)c2nc(-c3ccc(-c4ccc(C(=O)O)cc4)o3)cnc21. The fraction of sp³-hybridized carbons (Fsp3) is 0.348. The van der Waals surface area contributed by atoms with Crippen molar-refractivity contribution >= 4 is 5.97 Å². The summed E-state index contributed by atoms with van der Waals surface area (Å²) in [6, 6.07) is 10.4. The van der Waals surface area contributed by atoms with Gasteiger partial charge in [0.2, 0.25) is 0 Å². The number of carboxylic acids is 1. The molecule has 0 saturated carbocycles. The number of fused-ring (bicyclic) bond motifs is 1. The summed E-state index contributed by atoms with van der Waals surface area (Å²) in [7, 11) is 0. The van der Waals surface area contributed by atoms with Crippen LogP contribution in [0.1, 0.15) is 62.3 Å². The number of benzene rings is 1. The van der Waals surface area contributed by atoms with Gasteiger partial charge in [-0.1, -0.05) is 39.8 Å². The molecule has 28 heavy (non-hydrogen) atoms. The molecule has 0 fully saturated rings. The quantitative estimate of drug-likeness (QED) is 0.658. The van der Waals surface area contributed by atoms with Crippen LogP contribution >= 0.6 is 0 Å². The first kappa shape index (κ1) is 18.4. The van der Waals surface area contributed by atoms with Gasteiger partial charge in [0.15, 0.2) is 5.76 Å². The minimum atomic E-state index is -0.943. The van der Waals surface area contributed by atoms with Gasteiger partial charge >= 0.3 is 5.97 Å². The van der Waals surface area contributed by atoms with E-state index >= 15 is 0 Å². The molecule has 2 heterocycles. The van der Waals surface area contributed by atoms with Gasteiger partial charge in [0.1, 0.15) is 11.5 Å². The molecule has 5 heteroatoms. The van der Waals surface area contributed by atoms with E-state index in [0.29, 0.717) is 11.5 Å². The minimum absolute atomic E-state index is 0.0179. The van der Waals surface area contributed by atoms with Crippen molar-refractivity contribution < 1.29 is 14.3 Å². The highest BCUT2D eigenvalue weighted by Gasteiger charge is 2.39. The average molecular weight is 376 g/mol. The molecule has 2 aromatic heterocycles. The summed E-state index contributed by atoms with van der Waals surface area (Å²) in [6.07, 6.45) is 3.96. The molecule has 4 rings (SSSR count). The van der Waals surface area contributed by atoms with Gasteiger partial charge in [0.05, 0.1) is 23.1 Å². The van der Waals surface area contributed by atoms with Gasteiger partial charge < -0.3 is 9.52 Å². The molecule has 0 aliphatic heterocycles. The van der Waals surface area contributed by atoms with Gasteiger partial charge in [-0.15, -0.1) is 0 Å². The van der Waals surface area contributed by atoms with Crippen molar-refractivity contribution in [3.05, 3.63) is 59.5 Å². The number of rotatable bonds is 3. The van der Waals surface area contributed by atoms with E-state index in [-0.39, 0.29) is 16.4 Å². The molecule has 1 aliphatic carbocycles. The van der Waals surface area contributed by atoms with Crippen molar-refractivity contribution in [2.45, 2.75) is 51.4 Å². The fourth-order valence-electron chi connectivity index (χ4n) is 3.74. The summed E-state index contributed by atoms with van der Waals surface area (Å²) < 4.78 is 6.02. The van der Waals surface area contributed by atoms with Crippen LogP contribution in [0.2, 0.25) is 0 Å². The lowest BCUT2D eigenvalue weighted by Crippen LogP contribution is -2.36. The number of hydrogen-bond acceptors (Lipinski definition) is 4. The molecule has 0 bridgehead atoms. The van der Waals surface area contributed by atoms with Crippen LogP contribution < -0.4 is 0 Å². The van der Waals surface area contributed by atoms with Crippen molar-refractivity contribution in [1.82, 2.24) is 9.97 Å². The highest BCUT2D eigenvalue weighted by molar-refractivity contribution is 5.88. The third-order valence-electron chi connectivity index (χ3n) is 5.70. The molecule has 0 spiro atoms. The summed E-state index contributed by atoms with van der Waals surface area (Å²) in [5.74, 6) is 0.388. The smallest absolute Gasteiger partial charge is 0.335 e. The second-order valence-corrected chi connectivity index (χ2v) is 8.77. The van der Waals surface area contributed by atoms with Crippen LogP contribution in [-0.2, 0) is 10.8 Å². The maximum Gasteiger partial charge on any atom is 0.335 e. The molecule has 1 aromatic carbocycles. The molecule has 5 nitrogen and oxygen atoms in total. The van der Waals surface area contributed by atoms with E-state index in [2.05, 4.69) is 27.7 Å². The van der Waals surface area contributed by atoms with Crippen LogP contribution in [0, 0.1) is 0 Å². The number of carbonyl (C=O) groups is 1. The molecule has 0 unspecified atom stereocenters. The Balaban J connectivity index is 1.71. The van der Waals surface area contributed by atoms with Gasteiger partial charge in [-0.2, -0.15) is 0 Å². The lowest BCUT2D eigenvalue weighted by molar-refractivity contribution is 0.0697. The molecule has 3 aromatic rings. The Hall–Kier alpha value is -2.95. The number of aromatic nitrogens is 2. The van der Waals surface area contributed by atoms with Gasteiger partial charge in [-0.3, -0.25) is 4.98 Å². The molecular formula is C23H24N2O3. The van der Waals surface area contributed by atoms with E-state index in [1.807, 2.05) is 12.1 Å². The van der Waals surface area contributed by atoms with Crippen molar-refractivity contribution in [2.24, 2.45) is 0 Å².